The second kappa shape index (κ2) is 15.0. The summed E-state index contributed by atoms with van der Waals surface area (Å²) in [6, 6.07) is 7.79. The van der Waals surface area contributed by atoms with E-state index >= 15 is 0 Å². The highest BCUT2D eigenvalue weighted by atomic mass is 16.7. The molecule has 0 unspecified atom stereocenters. The summed E-state index contributed by atoms with van der Waals surface area (Å²) >= 11 is 0. The van der Waals surface area contributed by atoms with Crippen LogP contribution in [0.25, 0.3) is 0 Å². The number of ether oxygens (including phenoxy) is 4. The first-order valence-corrected chi connectivity index (χ1v) is 15.3. The zero-order valence-corrected chi connectivity index (χ0v) is 26.8. The number of carbonyl (C=O) groups is 4. The number of hydrogen-bond acceptors (Lipinski definition) is 8. The second-order valence-electron chi connectivity index (χ2n) is 12.3. The van der Waals surface area contributed by atoms with Crippen LogP contribution < -0.4 is 34.9 Å². The monoisotopic (exact) mass is 624 g/mol. The quantitative estimate of drug-likeness (QED) is 0.407. The van der Waals surface area contributed by atoms with Crippen LogP contribution in [0.15, 0.2) is 36.4 Å². The molecule has 4 rings (SSSR count). The van der Waals surface area contributed by atoms with Crippen LogP contribution in [0.2, 0.25) is 0 Å². The van der Waals surface area contributed by atoms with Crippen LogP contribution in [-0.4, -0.2) is 74.2 Å². The van der Waals surface area contributed by atoms with E-state index in [-0.39, 0.29) is 55.7 Å². The molecule has 2 aliphatic rings. The number of para-hydroxylation sites is 1. The number of amides is 4. The zero-order chi connectivity index (χ0) is 32.7. The van der Waals surface area contributed by atoms with Crippen molar-refractivity contribution in [1.29, 1.82) is 0 Å². The molecular weight excluding hydrogens is 580 g/mol. The predicted molar refractivity (Wildman–Crippen MR) is 166 cm³/mol. The molecule has 0 saturated heterocycles. The van der Waals surface area contributed by atoms with E-state index in [0.717, 1.165) is 0 Å². The van der Waals surface area contributed by atoms with Gasteiger partial charge in [-0.3, -0.25) is 19.2 Å². The SMILES string of the molecule is COc1cc(CNC(=O)[C@@H]2CC(=O)N[C@H](CC(C)C)C(=O)N(C)[C@@H](CC(C)C)COc3ccccc3C(=O)N2)cc2c1OCO2. The van der Waals surface area contributed by atoms with E-state index in [1.54, 1.807) is 48.3 Å². The first-order valence-electron chi connectivity index (χ1n) is 15.3. The van der Waals surface area contributed by atoms with Crippen LogP contribution in [0.5, 0.6) is 23.0 Å². The van der Waals surface area contributed by atoms with Crippen molar-refractivity contribution in [2.24, 2.45) is 11.8 Å². The van der Waals surface area contributed by atoms with Crippen molar-refractivity contribution < 1.29 is 38.1 Å². The minimum Gasteiger partial charge on any atom is -0.493 e. The molecular formula is C33H44N4O8. The minimum atomic E-state index is -1.24. The van der Waals surface area contributed by atoms with Gasteiger partial charge in [-0.25, -0.2) is 0 Å². The smallest absolute Gasteiger partial charge is 0.255 e. The van der Waals surface area contributed by atoms with Crippen LogP contribution in [0.1, 0.15) is 62.9 Å². The Kier molecular flexibility index (Phi) is 11.1. The summed E-state index contributed by atoms with van der Waals surface area (Å²) in [5.74, 6) is 0.198. The van der Waals surface area contributed by atoms with Gasteiger partial charge in [0.1, 0.15) is 24.4 Å². The van der Waals surface area contributed by atoms with Gasteiger partial charge in [0.05, 0.1) is 25.1 Å². The normalized spacial score (nSPS) is 20.6. The lowest BCUT2D eigenvalue weighted by Gasteiger charge is -2.33. The van der Waals surface area contributed by atoms with Crippen LogP contribution in [0.3, 0.4) is 0 Å². The molecule has 45 heavy (non-hydrogen) atoms. The van der Waals surface area contributed by atoms with Gasteiger partial charge in [0.2, 0.25) is 30.3 Å². The number of likely N-dealkylation sites (N-methyl/N-ethyl adjacent to an activating group) is 1. The lowest BCUT2D eigenvalue weighted by molar-refractivity contribution is -0.138. The largest absolute Gasteiger partial charge is 0.493 e. The third kappa shape index (κ3) is 8.58. The van der Waals surface area contributed by atoms with Crippen LogP contribution in [-0.2, 0) is 20.9 Å². The highest BCUT2D eigenvalue weighted by Crippen LogP contribution is 2.41. The number of benzene rings is 2. The van der Waals surface area contributed by atoms with Gasteiger partial charge >= 0.3 is 0 Å². The van der Waals surface area contributed by atoms with Crippen LogP contribution in [0.4, 0.5) is 0 Å². The van der Waals surface area contributed by atoms with E-state index < -0.39 is 29.8 Å². The zero-order valence-electron chi connectivity index (χ0n) is 26.8. The average Bonchev–Trinajstić information content (AvgIpc) is 3.48. The number of hydrogen-bond donors (Lipinski definition) is 3. The molecule has 2 aromatic rings. The molecule has 12 heteroatoms. The Balaban J connectivity index is 1.62. The number of methoxy groups -OCH3 is 1. The van der Waals surface area contributed by atoms with E-state index in [4.69, 9.17) is 18.9 Å². The van der Waals surface area contributed by atoms with Gasteiger partial charge in [0.25, 0.3) is 5.91 Å². The summed E-state index contributed by atoms with van der Waals surface area (Å²) in [6.45, 7) is 8.34. The van der Waals surface area contributed by atoms with Crippen molar-refractivity contribution in [3.8, 4) is 23.0 Å². The van der Waals surface area contributed by atoms with E-state index in [1.165, 1.54) is 7.11 Å². The van der Waals surface area contributed by atoms with E-state index in [1.807, 2.05) is 13.8 Å². The third-order valence-corrected chi connectivity index (χ3v) is 7.74. The fourth-order valence-corrected chi connectivity index (χ4v) is 5.45. The molecule has 0 saturated carbocycles. The molecule has 2 heterocycles. The molecule has 0 radical (unpaired) electrons. The summed E-state index contributed by atoms with van der Waals surface area (Å²) in [5.41, 5.74) is 0.879. The number of nitrogens with zero attached hydrogens (tertiary/aromatic N) is 1. The van der Waals surface area contributed by atoms with Crippen LogP contribution >= 0.6 is 0 Å². The Labute approximate surface area is 264 Å². The van der Waals surface area contributed by atoms with Gasteiger partial charge in [-0.2, -0.15) is 0 Å². The maximum absolute atomic E-state index is 13.8. The van der Waals surface area contributed by atoms with Gasteiger partial charge in [-0.1, -0.05) is 39.8 Å². The van der Waals surface area contributed by atoms with Gasteiger partial charge in [-0.05, 0) is 54.5 Å². The van der Waals surface area contributed by atoms with E-state index in [9.17, 15) is 19.2 Å². The van der Waals surface area contributed by atoms with E-state index in [0.29, 0.717) is 41.4 Å². The lowest BCUT2D eigenvalue weighted by Crippen LogP contribution is -2.54. The highest BCUT2D eigenvalue weighted by molar-refractivity contribution is 6.01. The van der Waals surface area contributed by atoms with Crippen molar-refractivity contribution in [3.63, 3.8) is 0 Å². The van der Waals surface area contributed by atoms with Crippen LogP contribution in [0, 0.1) is 11.8 Å². The van der Waals surface area contributed by atoms with Crippen molar-refractivity contribution >= 4 is 23.6 Å². The first kappa shape index (κ1) is 33.4. The maximum atomic E-state index is 13.8. The molecule has 244 valence electrons. The topological polar surface area (TPSA) is 145 Å². The second-order valence-corrected chi connectivity index (χ2v) is 12.3. The first-order chi connectivity index (χ1) is 21.5. The molecule has 0 aromatic heterocycles. The Bertz CT molecular complexity index is 1390. The fourth-order valence-electron chi connectivity index (χ4n) is 5.45. The number of nitrogens with one attached hydrogen (secondary N) is 3. The maximum Gasteiger partial charge on any atom is 0.255 e. The summed E-state index contributed by atoms with van der Waals surface area (Å²) in [7, 11) is 3.22. The molecule has 2 aliphatic heterocycles. The molecule has 12 nitrogen and oxygen atoms in total. The molecule has 0 bridgehead atoms. The van der Waals surface area contributed by atoms with Gasteiger partial charge in [-0.15, -0.1) is 0 Å². The molecule has 0 aliphatic carbocycles. The lowest BCUT2D eigenvalue weighted by atomic mass is 9.99. The Morgan fingerprint density at radius 2 is 1.73 bits per heavy atom. The van der Waals surface area contributed by atoms with Crippen molar-refractivity contribution in [2.75, 3.05) is 27.6 Å². The Morgan fingerprint density at radius 3 is 2.44 bits per heavy atom. The van der Waals surface area contributed by atoms with Crippen molar-refractivity contribution in [2.45, 2.75) is 71.6 Å². The number of carbonyl (C=O) groups excluding carboxylic acids is 4. The average molecular weight is 625 g/mol. The molecule has 0 fully saturated rings. The van der Waals surface area contributed by atoms with Gasteiger partial charge in [0, 0.05) is 13.6 Å². The van der Waals surface area contributed by atoms with Gasteiger partial charge in [0.15, 0.2) is 11.5 Å². The molecule has 4 amide bonds. The summed E-state index contributed by atoms with van der Waals surface area (Å²) in [4.78, 5) is 55.9. The van der Waals surface area contributed by atoms with Gasteiger partial charge < -0.3 is 39.8 Å². The fraction of sp³-hybridized carbons (Fsp3) is 0.515. The van der Waals surface area contributed by atoms with E-state index in [2.05, 4.69) is 29.8 Å². The highest BCUT2D eigenvalue weighted by Gasteiger charge is 2.33. The Morgan fingerprint density at radius 1 is 1.00 bits per heavy atom. The molecule has 3 atom stereocenters. The molecule has 0 spiro atoms. The van der Waals surface area contributed by atoms with Crippen molar-refractivity contribution in [3.05, 3.63) is 47.5 Å². The predicted octanol–water partition coefficient (Wildman–Crippen LogP) is 3.03. The Hall–Kier alpha value is -4.48. The number of rotatable bonds is 8. The minimum absolute atomic E-state index is 0.0599. The summed E-state index contributed by atoms with van der Waals surface area (Å²) in [5, 5.41) is 8.37. The third-order valence-electron chi connectivity index (χ3n) is 7.74. The molecule has 3 N–H and O–H groups in total. The standard InChI is InChI=1S/C33H44N4O8/c1-19(2)11-22-17-43-26-10-8-7-9-23(26)31(39)36-24(15-29(38)35-25(12-20(3)4)33(41)37(22)5)32(40)34-16-21-13-27(42-6)30-28(14-21)44-18-45-30/h7-10,13-14,19-20,22,24-25H,11-12,15-18H2,1-6H3,(H,34,40)(H,35,38)(H,36,39)/t22-,24-,25+/m0/s1. The summed E-state index contributed by atoms with van der Waals surface area (Å²) < 4.78 is 22.5. The number of fused-ring (bicyclic) bond motifs is 2. The van der Waals surface area contributed by atoms with Crippen molar-refractivity contribution in [1.82, 2.24) is 20.9 Å². The summed E-state index contributed by atoms with van der Waals surface area (Å²) in [6.07, 6.45) is 0.685. The molecule has 2 aromatic carbocycles.